The maximum Gasteiger partial charge on any atom is 0.256 e. The van der Waals surface area contributed by atoms with Crippen LogP contribution >= 0.6 is 11.8 Å². The van der Waals surface area contributed by atoms with Gasteiger partial charge in [0.05, 0.1) is 11.8 Å². The molecule has 2 atom stereocenters. The third-order valence-corrected chi connectivity index (χ3v) is 4.12. The van der Waals surface area contributed by atoms with E-state index in [1.807, 2.05) is 44.2 Å². The third kappa shape index (κ3) is 4.10. The zero-order chi connectivity index (χ0) is 14.5. The predicted octanol–water partition coefficient (Wildman–Crippen LogP) is 2.31. The summed E-state index contributed by atoms with van der Waals surface area (Å²) in [5, 5.41) is 10.7. The summed E-state index contributed by atoms with van der Waals surface area (Å²) in [5.41, 5.74) is 8.05. The van der Waals surface area contributed by atoms with Crippen molar-refractivity contribution < 1.29 is 9.52 Å². The summed E-state index contributed by atoms with van der Waals surface area (Å²) >= 11 is 1.39. The lowest BCUT2D eigenvalue weighted by Crippen LogP contribution is -2.38. The summed E-state index contributed by atoms with van der Waals surface area (Å²) in [6, 6.07) is 9.65. The van der Waals surface area contributed by atoms with Crippen LogP contribution in [0, 0.1) is 13.8 Å². The number of nitrogens with zero attached hydrogens (tertiary/aromatic N) is 1. The van der Waals surface area contributed by atoms with Crippen LogP contribution in [0.5, 0.6) is 0 Å². The molecule has 0 aliphatic rings. The lowest BCUT2D eigenvalue weighted by atomic mass is 10.0. The number of aromatic nitrogens is 1. The summed E-state index contributed by atoms with van der Waals surface area (Å²) < 4.78 is 5.46. The second-order valence-electron chi connectivity index (χ2n) is 4.85. The smallest absolute Gasteiger partial charge is 0.256 e. The van der Waals surface area contributed by atoms with E-state index in [9.17, 15) is 5.11 Å². The van der Waals surface area contributed by atoms with Crippen LogP contribution in [0.4, 0.5) is 0 Å². The molecule has 0 spiro atoms. The van der Waals surface area contributed by atoms with Gasteiger partial charge >= 0.3 is 0 Å². The number of aliphatic hydroxyl groups is 1. The maximum absolute atomic E-state index is 10.1. The summed E-state index contributed by atoms with van der Waals surface area (Å²) in [7, 11) is 0. The molecule has 1 aromatic carbocycles. The monoisotopic (exact) mass is 292 g/mol. The van der Waals surface area contributed by atoms with Gasteiger partial charge in [0.15, 0.2) is 0 Å². The minimum absolute atomic E-state index is 0.290. The van der Waals surface area contributed by atoms with Crippen LogP contribution in [0.3, 0.4) is 0 Å². The highest BCUT2D eigenvalue weighted by Gasteiger charge is 2.17. The molecular weight excluding hydrogens is 272 g/mol. The Labute approximate surface area is 123 Å². The van der Waals surface area contributed by atoms with Gasteiger partial charge in [-0.25, -0.2) is 4.98 Å². The van der Waals surface area contributed by atoms with Crippen LogP contribution in [0.15, 0.2) is 40.0 Å². The molecule has 0 aliphatic heterocycles. The van der Waals surface area contributed by atoms with Gasteiger partial charge in [-0.15, -0.1) is 0 Å². The van der Waals surface area contributed by atoms with Crippen molar-refractivity contribution in [2.24, 2.45) is 5.73 Å². The van der Waals surface area contributed by atoms with Gasteiger partial charge in [0.1, 0.15) is 5.76 Å². The summed E-state index contributed by atoms with van der Waals surface area (Å²) in [5.74, 6) is 1.29. The average molecular weight is 292 g/mol. The van der Waals surface area contributed by atoms with Crippen LogP contribution in [0.2, 0.25) is 0 Å². The van der Waals surface area contributed by atoms with Crippen LogP contribution < -0.4 is 5.73 Å². The molecular formula is C15H20N2O2S. The molecule has 0 fully saturated rings. The number of aryl methyl sites for hydroxylation is 2. The SMILES string of the molecule is Cc1nc(SCC(O)C(N)Cc2ccccc2)oc1C. The van der Waals surface area contributed by atoms with E-state index in [4.69, 9.17) is 10.2 Å². The molecule has 2 unspecified atom stereocenters. The quantitative estimate of drug-likeness (QED) is 0.799. The average Bonchev–Trinajstić information content (AvgIpc) is 2.76. The van der Waals surface area contributed by atoms with Gasteiger partial charge in [-0.2, -0.15) is 0 Å². The van der Waals surface area contributed by atoms with Gasteiger partial charge in [0.2, 0.25) is 0 Å². The number of rotatable bonds is 6. The van der Waals surface area contributed by atoms with Crippen molar-refractivity contribution >= 4 is 11.8 Å². The second-order valence-corrected chi connectivity index (χ2v) is 5.82. The molecule has 1 aromatic heterocycles. The fourth-order valence-electron chi connectivity index (χ4n) is 1.81. The van der Waals surface area contributed by atoms with E-state index < -0.39 is 6.10 Å². The number of oxazole rings is 1. The van der Waals surface area contributed by atoms with E-state index in [1.165, 1.54) is 11.8 Å². The number of aliphatic hydroxyl groups excluding tert-OH is 1. The Kier molecular flexibility index (Phi) is 5.23. The van der Waals surface area contributed by atoms with E-state index in [0.29, 0.717) is 17.4 Å². The summed E-state index contributed by atoms with van der Waals surface area (Å²) in [6.45, 7) is 3.78. The first kappa shape index (κ1) is 15.1. The van der Waals surface area contributed by atoms with Crippen molar-refractivity contribution in [1.29, 1.82) is 0 Å². The molecule has 108 valence electrons. The maximum atomic E-state index is 10.1. The Morgan fingerprint density at radius 2 is 2.00 bits per heavy atom. The van der Waals surface area contributed by atoms with Crippen molar-refractivity contribution in [2.75, 3.05) is 5.75 Å². The molecule has 2 aromatic rings. The van der Waals surface area contributed by atoms with Crippen molar-refractivity contribution in [2.45, 2.75) is 37.6 Å². The molecule has 0 saturated carbocycles. The van der Waals surface area contributed by atoms with E-state index in [0.717, 1.165) is 17.0 Å². The minimum atomic E-state index is -0.590. The van der Waals surface area contributed by atoms with Gasteiger partial charge in [-0.1, -0.05) is 42.1 Å². The van der Waals surface area contributed by atoms with Gasteiger partial charge in [-0.3, -0.25) is 0 Å². The van der Waals surface area contributed by atoms with Crippen molar-refractivity contribution in [3.63, 3.8) is 0 Å². The topological polar surface area (TPSA) is 72.3 Å². The number of nitrogens with two attached hydrogens (primary N) is 1. The summed E-state index contributed by atoms with van der Waals surface area (Å²) in [4.78, 5) is 4.27. The second kappa shape index (κ2) is 6.92. The van der Waals surface area contributed by atoms with Gasteiger partial charge in [-0.05, 0) is 25.8 Å². The zero-order valence-electron chi connectivity index (χ0n) is 11.7. The Balaban J connectivity index is 1.83. The number of thioether (sulfide) groups is 1. The zero-order valence-corrected chi connectivity index (χ0v) is 12.6. The Hall–Kier alpha value is -1.30. The van der Waals surface area contributed by atoms with E-state index in [1.54, 1.807) is 0 Å². The highest BCUT2D eigenvalue weighted by Crippen LogP contribution is 2.21. The number of benzene rings is 1. The molecule has 5 heteroatoms. The molecule has 0 bridgehead atoms. The van der Waals surface area contributed by atoms with Crippen LogP contribution in [-0.2, 0) is 6.42 Å². The van der Waals surface area contributed by atoms with E-state index in [2.05, 4.69) is 4.98 Å². The molecule has 3 N–H and O–H groups in total. The van der Waals surface area contributed by atoms with Crippen molar-refractivity contribution in [3.8, 4) is 0 Å². The summed E-state index contributed by atoms with van der Waals surface area (Å²) in [6.07, 6.45) is 0.0689. The highest BCUT2D eigenvalue weighted by atomic mass is 32.2. The van der Waals surface area contributed by atoms with Crippen LogP contribution in [0.25, 0.3) is 0 Å². The molecule has 2 rings (SSSR count). The predicted molar refractivity (Wildman–Crippen MR) is 80.8 cm³/mol. The standard InChI is InChI=1S/C15H20N2O2S/c1-10-11(2)19-15(17-10)20-9-14(18)13(16)8-12-6-4-3-5-7-12/h3-7,13-14,18H,8-9,16H2,1-2H3. The first-order valence-corrected chi connectivity index (χ1v) is 7.59. The largest absolute Gasteiger partial charge is 0.437 e. The Bertz CT molecular complexity index is 523. The van der Waals surface area contributed by atoms with Crippen LogP contribution in [-0.4, -0.2) is 28.0 Å². The lowest BCUT2D eigenvalue weighted by Gasteiger charge is -2.17. The highest BCUT2D eigenvalue weighted by molar-refractivity contribution is 7.99. The van der Waals surface area contributed by atoms with Crippen LogP contribution in [0.1, 0.15) is 17.0 Å². The van der Waals surface area contributed by atoms with Gasteiger partial charge < -0.3 is 15.3 Å². The molecule has 0 saturated heterocycles. The van der Waals surface area contributed by atoms with Gasteiger partial charge in [0.25, 0.3) is 5.22 Å². The first-order chi connectivity index (χ1) is 9.56. The molecule has 0 aliphatic carbocycles. The molecule has 0 radical (unpaired) electrons. The fraction of sp³-hybridized carbons (Fsp3) is 0.400. The number of hydrogen-bond acceptors (Lipinski definition) is 5. The third-order valence-electron chi connectivity index (χ3n) is 3.19. The molecule has 20 heavy (non-hydrogen) atoms. The lowest BCUT2D eigenvalue weighted by molar-refractivity contribution is 0.167. The normalized spacial score (nSPS) is 14.2. The number of hydrogen-bond donors (Lipinski definition) is 2. The minimum Gasteiger partial charge on any atom is -0.437 e. The van der Waals surface area contributed by atoms with Crippen molar-refractivity contribution in [1.82, 2.24) is 4.98 Å². The molecule has 4 nitrogen and oxygen atoms in total. The Morgan fingerprint density at radius 3 is 2.60 bits per heavy atom. The van der Waals surface area contributed by atoms with Gasteiger partial charge in [0, 0.05) is 11.8 Å². The molecule has 0 amide bonds. The fourth-order valence-corrected chi connectivity index (χ4v) is 2.75. The molecule has 1 heterocycles. The van der Waals surface area contributed by atoms with Crippen molar-refractivity contribution in [3.05, 3.63) is 47.3 Å². The van der Waals surface area contributed by atoms with E-state index in [-0.39, 0.29) is 6.04 Å². The van der Waals surface area contributed by atoms with E-state index >= 15 is 0 Å². The first-order valence-electron chi connectivity index (χ1n) is 6.60. The Morgan fingerprint density at radius 1 is 1.30 bits per heavy atom.